The SMILES string of the molecule is CC(=O)N[C@@H]1CCC(c2ccc(C(=O)O)cc2)c2ccccc21. The van der Waals surface area contributed by atoms with Crippen molar-refractivity contribution >= 4 is 11.9 Å². The Morgan fingerprint density at radius 1 is 1.00 bits per heavy atom. The number of hydrogen-bond acceptors (Lipinski definition) is 2. The van der Waals surface area contributed by atoms with Crippen LogP contribution in [0.2, 0.25) is 0 Å². The van der Waals surface area contributed by atoms with E-state index in [0.29, 0.717) is 5.56 Å². The number of aromatic carboxylic acids is 1. The molecule has 0 spiro atoms. The van der Waals surface area contributed by atoms with Gasteiger partial charge in [-0.25, -0.2) is 4.79 Å². The maximum Gasteiger partial charge on any atom is 0.335 e. The number of amides is 1. The molecule has 1 unspecified atom stereocenters. The minimum atomic E-state index is -0.911. The van der Waals surface area contributed by atoms with Crippen molar-refractivity contribution in [2.45, 2.75) is 31.7 Å². The third-order valence-electron chi connectivity index (χ3n) is 4.43. The van der Waals surface area contributed by atoms with Crippen molar-refractivity contribution < 1.29 is 14.7 Å². The highest BCUT2D eigenvalue weighted by atomic mass is 16.4. The summed E-state index contributed by atoms with van der Waals surface area (Å²) in [6.45, 7) is 1.54. The van der Waals surface area contributed by atoms with Crippen LogP contribution in [0.25, 0.3) is 0 Å². The number of hydrogen-bond donors (Lipinski definition) is 2. The fraction of sp³-hybridized carbons (Fsp3) is 0.263. The highest BCUT2D eigenvalue weighted by molar-refractivity contribution is 5.87. The van der Waals surface area contributed by atoms with E-state index < -0.39 is 5.97 Å². The van der Waals surface area contributed by atoms with E-state index in [1.807, 2.05) is 24.3 Å². The van der Waals surface area contributed by atoms with E-state index in [-0.39, 0.29) is 17.9 Å². The van der Waals surface area contributed by atoms with Crippen molar-refractivity contribution in [1.82, 2.24) is 5.32 Å². The van der Waals surface area contributed by atoms with E-state index in [2.05, 4.69) is 17.4 Å². The van der Waals surface area contributed by atoms with Gasteiger partial charge in [-0.3, -0.25) is 4.79 Å². The smallest absolute Gasteiger partial charge is 0.335 e. The summed E-state index contributed by atoms with van der Waals surface area (Å²) in [4.78, 5) is 22.4. The van der Waals surface area contributed by atoms with Crippen LogP contribution in [0.1, 0.15) is 58.8 Å². The lowest BCUT2D eigenvalue weighted by molar-refractivity contribution is -0.119. The van der Waals surface area contributed by atoms with Crippen LogP contribution in [-0.2, 0) is 4.79 Å². The Labute approximate surface area is 135 Å². The maximum absolute atomic E-state index is 11.4. The molecule has 2 N–H and O–H groups in total. The monoisotopic (exact) mass is 309 g/mol. The van der Waals surface area contributed by atoms with Crippen LogP contribution < -0.4 is 5.32 Å². The molecule has 2 aromatic carbocycles. The Morgan fingerprint density at radius 3 is 2.26 bits per heavy atom. The lowest BCUT2D eigenvalue weighted by Gasteiger charge is -2.32. The fourth-order valence-electron chi connectivity index (χ4n) is 3.39. The Bertz CT molecular complexity index is 737. The summed E-state index contributed by atoms with van der Waals surface area (Å²) in [7, 11) is 0. The predicted molar refractivity (Wildman–Crippen MR) is 87.5 cm³/mol. The number of fused-ring (bicyclic) bond motifs is 1. The second kappa shape index (κ2) is 6.24. The van der Waals surface area contributed by atoms with Crippen LogP contribution in [0.4, 0.5) is 0 Å². The van der Waals surface area contributed by atoms with Crippen molar-refractivity contribution in [2.24, 2.45) is 0 Å². The molecule has 1 aliphatic carbocycles. The van der Waals surface area contributed by atoms with E-state index in [1.54, 1.807) is 19.1 Å². The molecule has 118 valence electrons. The molecule has 2 aromatic rings. The van der Waals surface area contributed by atoms with Gasteiger partial charge in [-0.1, -0.05) is 36.4 Å². The van der Waals surface area contributed by atoms with E-state index in [4.69, 9.17) is 5.11 Å². The summed E-state index contributed by atoms with van der Waals surface area (Å²) in [5.41, 5.74) is 3.78. The zero-order chi connectivity index (χ0) is 16.4. The molecule has 4 heteroatoms. The number of carbonyl (C=O) groups excluding carboxylic acids is 1. The molecule has 0 saturated carbocycles. The molecule has 3 rings (SSSR count). The second-order valence-electron chi connectivity index (χ2n) is 5.94. The standard InChI is InChI=1S/C19H19NO3/c1-12(21)20-18-11-10-15(16-4-2-3-5-17(16)18)13-6-8-14(9-7-13)19(22)23/h2-9,15,18H,10-11H2,1H3,(H,20,21)(H,22,23)/t15?,18-/m1/s1. The molecule has 0 aliphatic heterocycles. The van der Waals surface area contributed by atoms with Crippen molar-refractivity contribution in [3.05, 3.63) is 70.8 Å². The highest BCUT2D eigenvalue weighted by Gasteiger charge is 2.28. The molecule has 0 fully saturated rings. The highest BCUT2D eigenvalue weighted by Crippen LogP contribution is 2.41. The van der Waals surface area contributed by atoms with Crippen LogP contribution in [0.5, 0.6) is 0 Å². The summed E-state index contributed by atoms with van der Waals surface area (Å²) in [6, 6.07) is 15.3. The fourth-order valence-corrected chi connectivity index (χ4v) is 3.39. The van der Waals surface area contributed by atoms with E-state index in [0.717, 1.165) is 24.0 Å². The van der Waals surface area contributed by atoms with Gasteiger partial charge in [-0.05, 0) is 41.7 Å². The van der Waals surface area contributed by atoms with Crippen LogP contribution in [0.3, 0.4) is 0 Å². The van der Waals surface area contributed by atoms with Gasteiger partial charge in [0.05, 0.1) is 11.6 Å². The van der Waals surface area contributed by atoms with E-state index >= 15 is 0 Å². The molecule has 1 aliphatic rings. The molecule has 0 heterocycles. The normalized spacial score (nSPS) is 19.7. The summed E-state index contributed by atoms with van der Waals surface area (Å²) in [6.07, 6.45) is 1.80. The second-order valence-corrected chi connectivity index (χ2v) is 5.94. The van der Waals surface area contributed by atoms with Crippen LogP contribution >= 0.6 is 0 Å². The number of carboxylic acid groups (broad SMARTS) is 1. The topological polar surface area (TPSA) is 66.4 Å². The minimum absolute atomic E-state index is 0.0194. The van der Waals surface area contributed by atoms with Crippen LogP contribution in [0.15, 0.2) is 48.5 Å². The first-order valence-electron chi connectivity index (χ1n) is 7.75. The number of carbonyl (C=O) groups is 2. The van der Waals surface area contributed by atoms with Gasteiger partial charge in [-0.2, -0.15) is 0 Å². The van der Waals surface area contributed by atoms with Gasteiger partial charge in [0.1, 0.15) is 0 Å². The molecule has 0 radical (unpaired) electrons. The lowest BCUT2D eigenvalue weighted by Crippen LogP contribution is -2.30. The quantitative estimate of drug-likeness (QED) is 0.912. The Hall–Kier alpha value is -2.62. The van der Waals surface area contributed by atoms with Gasteiger partial charge >= 0.3 is 5.97 Å². The Kier molecular flexibility index (Phi) is 4.15. The number of nitrogens with one attached hydrogen (secondary N) is 1. The first-order chi connectivity index (χ1) is 11.1. The molecular weight excluding hydrogens is 290 g/mol. The molecule has 0 saturated heterocycles. The third kappa shape index (κ3) is 3.11. The molecule has 0 bridgehead atoms. The third-order valence-corrected chi connectivity index (χ3v) is 4.43. The molecule has 4 nitrogen and oxygen atoms in total. The van der Waals surface area contributed by atoms with Gasteiger partial charge in [0, 0.05) is 12.8 Å². The van der Waals surface area contributed by atoms with Crippen molar-refractivity contribution in [1.29, 1.82) is 0 Å². The molecular formula is C19H19NO3. The van der Waals surface area contributed by atoms with E-state index in [1.165, 1.54) is 5.56 Å². The molecule has 2 atom stereocenters. The summed E-state index contributed by atoms with van der Waals surface area (Å²) in [5.74, 6) is -0.695. The summed E-state index contributed by atoms with van der Waals surface area (Å²) < 4.78 is 0. The molecule has 1 amide bonds. The van der Waals surface area contributed by atoms with Crippen molar-refractivity contribution in [3.8, 4) is 0 Å². The Balaban J connectivity index is 1.94. The number of rotatable bonds is 3. The van der Waals surface area contributed by atoms with Gasteiger partial charge in [0.15, 0.2) is 0 Å². The zero-order valence-corrected chi connectivity index (χ0v) is 13.0. The van der Waals surface area contributed by atoms with Crippen molar-refractivity contribution in [2.75, 3.05) is 0 Å². The molecule has 0 aromatic heterocycles. The number of benzene rings is 2. The zero-order valence-electron chi connectivity index (χ0n) is 13.0. The van der Waals surface area contributed by atoms with Crippen LogP contribution in [-0.4, -0.2) is 17.0 Å². The summed E-state index contributed by atoms with van der Waals surface area (Å²) >= 11 is 0. The lowest BCUT2D eigenvalue weighted by atomic mass is 9.76. The largest absolute Gasteiger partial charge is 0.478 e. The van der Waals surface area contributed by atoms with Gasteiger partial charge in [0.25, 0.3) is 0 Å². The van der Waals surface area contributed by atoms with Gasteiger partial charge in [-0.15, -0.1) is 0 Å². The van der Waals surface area contributed by atoms with Crippen LogP contribution in [0, 0.1) is 0 Å². The number of carboxylic acids is 1. The first-order valence-corrected chi connectivity index (χ1v) is 7.75. The maximum atomic E-state index is 11.4. The molecule has 23 heavy (non-hydrogen) atoms. The van der Waals surface area contributed by atoms with Crippen molar-refractivity contribution in [3.63, 3.8) is 0 Å². The van der Waals surface area contributed by atoms with E-state index in [9.17, 15) is 9.59 Å². The average molecular weight is 309 g/mol. The first kappa shape index (κ1) is 15.3. The minimum Gasteiger partial charge on any atom is -0.478 e. The van der Waals surface area contributed by atoms with Gasteiger partial charge in [0.2, 0.25) is 5.91 Å². The van der Waals surface area contributed by atoms with Gasteiger partial charge < -0.3 is 10.4 Å². The predicted octanol–water partition coefficient (Wildman–Crippen LogP) is 3.49. The Morgan fingerprint density at radius 2 is 1.65 bits per heavy atom. The summed E-state index contributed by atoms with van der Waals surface area (Å²) in [5, 5.41) is 12.0. The average Bonchev–Trinajstić information content (AvgIpc) is 2.55.